The average Bonchev–Trinajstić information content (AvgIpc) is 2.45. The second-order valence-electron chi connectivity index (χ2n) is 5.09. The molecule has 0 radical (unpaired) electrons. The van der Waals surface area contributed by atoms with Crippen LogP contribution in [-0.4, -0.2) is 42.6 Å². The quantitative estimate of drug-likeness (QED) is 0.865. The molecule has 2 N–H and O–H groups in total. The molecule has 0 saturated carbocycles. The van der Waals surface area contributed by atoms with E-state index in [2.05, 4.69) is 4.90 Å². The molecule has 21 heavy (non-hydrogen) atoms. The lowest BCUT2D eigenvalue weighted by molar-refractivity contribution is -0.137. The number of hydrogen-bond acceptors (Lipinski definition) is 3. The summed E-state index contributed by atoms with van der Waals surface area (Å²) in [5, 5.41) is 0. The maximum absolute atomic E-state index is 12.7. The lowest BCUT2D eigenvalue weighted by Gasteiger charge is -2.36. The van der Waals surface area contributed by atoms with Crippen molar-refractivity contribution in [2.24, 2.45) is 5.73 Å². The van der Waals surface area contributed by atoms with Crippen LogP contribution in [0.4, 0.5) is 18.9 Å². The maximum atomic E-state index is 12.7. The first-order valence-corrected chi connectivity index (χ1v) is 7.20. The number of piperazine rings is 1. The number of thiocarbonyl (C=S) groups is 1. The first kappa shape index (κ1) is 16.0. The van der Waals surface area contributed by atoms with Crippen LogP contribution in [0.5, 0.6) is 0 Å². The van der Waals surface area contributed by atoms with E-state index in [0.29, 0.717) is 30.2 Å². The normalized spacial score (nSPS) is 17.0. The van der Waals surface area contributed by atoms with Crippen molar-refractivity contribution < 1.29 is 13.2 Å². The van der Waals surface area contributed by atoms with Crippen molar-refractivity contribution in [1.82, 2.24) is 4.90 Å². The molecule has 1 aromatic carbocycles. The molecule has 1 aliphatic heterocycles. The Labute approximate surface area is 127 Å². The SMILES string of the molecule is NC(=S)CCN1CCN(c2cccc(C(F)(F)F)c2)CC1. The van der Waals surface area contributed by atoms with Gasteiger partial charge in [0.1, 0.15) is 0 Å². The predicted octanol–water partition coefficient (Wildman–Crippen LogP) is 2.50. The molecule has 0 aliphatic carbocycles. The van der Waals surface area contributed by atoms with E-state index >= 15 is 0 Å². The van der Waals surface area contributed by atoms with Gasteiger partial charge in [-0.25, -0.2) is 0 Å². The second kappa shape index (κ2) is 6.62. The molecule has 1 fully saturated rings. The van der Waals surface area contributed by atoms with Crippen molar-refractivity contribution in [2.75, 3.05) is 37.6 Å². The first-order chi connectivity index (χ1) is 9.86. The highest BCUT2D eigenvalue weighted by atomic mass is 32.1. The van der Waals surface area contributed by atoms with Crippen LogP contribution in [-0.2, 0) is 6.18 Å². The molecule has 0 amide bonds. The molecular weight excluding hydrogens is 299 g/mol. The molecule has 0 aromatic heterocycles. The van der Waals surface area contributed by atoms with E-state index in [1.165, 1.54) is 12.1 Å². The van der Waals surface area contributed by atoms with Crippen LogP contribution in [0.3, 0.4) is 0 Å². The minimum Gasteiger partial charge on any atom is -0.393 e. The van der Waals surface area contributed by atoms with Gasteiger partial charge in [-0.05, 0) is 18.2 Å². The molecule has 0 bridgehead atoms. The van der Waals surface area contributed by atoms with Crippen LogP contribution in [0.1, 0.15) is 12.0 Å². The van der Waals surface area contributed by atoms with E-state index in [9.17, 15) is 13.2 Å². The number of alkyl halides is 3. The Bertz CT molecular complexity index is 496. The van der Waals surface area contributed by atoms with E-state index < -0.39 is 11.7 Å². The Morgan fingerprint density at radius 1 is 1.19 bits per heavy atom. The summed E-state index contributed by atoms with van der Waals surface area (Å²) in [5.74, 6) is 0. The molecular formula is C14H18F3N3S. The molecule has 3 nitrogen and oxygen atoms in total. The molecule has 0 atom stereocenters. The molecule has 0 spiro atoms. The third-order valence-corrected chi connectivity index (χ3v) is 3.79. The fourth-order valence-electron chi connectivity index (χ4n) is 2.38. The zero-order chi connectivity index (χ0) is 15.5. The van der Waals surface area contributed by atoms with Gasteiger partial charge in [-0.3, -0.25) is 4.90 Å². The summed E-state index contributed by atoms with van der Waals surface area (Å²) in [6.07, 6.45) is -3.62. The molecule has 2 rings (SSSR count). The van der Waals surface area contributed by atoms with Crippen molar-refractivity contribution in [3.05, 3.63) is 29.8 Å². The van der Waals surface area contributed by atoms with Gasteiger partial charge in [0.05, 0.1) is 10.6 Å². The van der Waals surface area contributed by atoms with Crippen LogP contribution in [0.25, 0.3) is 0 Å². The average molecular weight is 317 g/mol. The predicted molar refractivity (Wildman–Crippen MR) is 81.5 cm³/mol. The molecule has 116 valence electrons. The van der Waals surface area contributed by atoms with Gasteiger partial charge in [-0.2, -0.15) is 13.2 Å². The lowest BCUT2D eigenvalue weighted by atomic mass is 10.1. The molecule has 0 unspecified atom stereocenters. The topological polar surface area (TPSA) is 32.5 Å². The van der Waals surface area contributed by atoms with E-state index in [1.54, 1.807) is 6.07 Å². The Balaban J connectivity index is 1.95. The summed E-state index contributed by atoms with van der Waals surface area (Å²) >= 11 is 4.85. The van der Waals surface area contributed by atoms with Gasteiger partial charge in [0.25, 0.3) is 0 Å². The van der Waals surface area contributed by atoms with Gasteiger partial charge in [-0.1, -0.05) is 18.3 Å². The second-order valence-corrected chi connectivity index (χ2v) is 5.62. The standard InChI is InChI=1S/C14H18F3N3S/c15-14(16,17)11-2-1-3-12(10-11)20-8-6-19(7-9-20)5-4-13(18)21/h1-3,10H,4-9H2,(H2,18,21). The highest BCUT2D eigenvalue weighted by Crippen LogP contribution is 2.31. The van der Waals surface area contributed by atoms with Crippen molar-refractivity contribution in [3.8, 4) is 0 Å². The Kier molecular flexibility index (Phi) is 5.05. The molecule has 1 heterocycles. The Morgan fingerprint density at radius 3 is 2.43 bits per heavy atom. The summed E-state index contributed by atoms with van der Waals surface area (Å²) in [6.45, 7) is 3.83. The van der Waals surface area contributed by atoms with Crippen LogP contribution in [0.2, 0.25) is 0 Å². The summed E-state index contributed by atoms with van der Waals surface area (Å²) in [5.41, 5.74) is 5.50. The van der Waals surface area contributed by atoms with Crippen LogP contribution in [0.15, 0.2) is 24.3 Å². The minimum absolute atomic E-state index is 0.496. The van der Waals surface area contributed by atoms with E-state index in [1.807, 2.05) is 4.90 Å². The molecule has 1 saturated heterocycles. The van der Waals surface area contributed by atoms with Crippen LogP contribution < -0.4 is 10.6 Å². The minimum atomic E-state index is -4.30. The van der Waals surface area contributed by atoms with E-state index in [-0.39, 0.29) is 0 Å². The maximum Gasteiger partial charge on any atom is 0.416 e. The van der Waals surface area contributed by atoms with E-state index in [0.717, 1.165) is 25.7 Å². The van der Waals surface area contributed by atoms with Crippen molar-refractivity contribution in [1.29, 1.82) is 0 Å². The number of hydrogen-bond donors (Lipinski definition) is 1. The first-order valence-electron chi connectivity index (χ1n) is 6.79. The number of nitrogens with two attached hydrogens (primary N) is 1. The molecule has 7 heteroatoms. The van der Waals surface area contributed by atoms with Gasteiger partial charge < -0.3 is 10.6 Å². The van der Waals surface area contributed by atoms with Gasteiger partial charge in [0, 0.05) is 44.8 Å². The lowest BCUT2D eigenvalue weighted by Crippen LogP contribution is -2.47. The number of rotatable bonds is 4. The zero-order valence-corrected chi connectivity index (χ0v) is 12.4. The zero-order valence-electron chi connectivity index (χ0n) is 11.6. The van der Waals surface area contributed by atoms with Crippen molar-refractivity contribution >= 4 is 22.9 Å². The van der Waals surface area contributed by atoms with Gasteiger partial charge in [0.15, 0.2) is 0 Å². The summed E-state index contributed by atoms with van der Waals surface area (Å²) in [6, 6.07) is 5.49. The highest BCUT2D eigenvalue weighted by molar-refractivity contribution is 7.80. The summed E-state index contributed by atoms with van der Waals surface area (Å²) < 4.78 is 38.2. The third-order valence-electron chi connectivity index (χ3n) is 3.59. The van der Waals surface area contributed by atoms with Crippen LogP contribution in [0, 0.1) is 0 Å². The Hall–Kier alpha value is -1.34. The number of benzene rings is 1. The monoisotopic (exact) mass is 317 g/mol. The summed E-state index contributed by atoms with van der Waals surface area (Å²) in [4.78, 5) is 4.70. The smallest absolute Gasteiger partial charge is 0.393 e. The van der Waals surface area contributed by atoms with Crippen molar-refractivity contribution in [2.45, 2.75) is 12.6 Å². The van der Waals surface area contributed by atoms with Gasteiger partial charge in [0.2, 0.25) is 0 Å². The summed E-state index contributed by atoms with van der Waals surface area (Å²) in [7, 11) is 0. The number of halogens is 3. The fourth-order valence-corrected chi connectivity index (χ4v) is 2.47. The number of nitrogens with zero attached hydrogens (tertiary/aromatic N) is 2. The van der Waals surface area contributed by atoms with E-state index in [4.69, 9.17) is 18.0 Å². The highest BCUT2D eigenvalue weighted by Gasteiger charge is 2.31. The largest absolute Gasteiger partial charge is 0.416 e. The Morgan fingerprint density at radius 2 is 1.86 bits per heavy atom. The molecule has 1 aromatic rings. The molecule has 1 aliphatic rings. The fraction of sp³-hybridized carbons (Fsp3) is 0.500. The van der Waals surface area contributed by atoms with Gasteiger partial charge in [-0.15, -0.1) is 0 Å². The van der Waals surface area contributed by atoms with Crippen LogP contribution >= 0.6 is 12.2 Å². The van der Waals surface area contributed by atoms with Crippen molar-refractivity contribution in [3.63, 3.8) is 0 Å². The number of anilines is 1. The van der Waals surface area contributed by atoms with Gasteiger partial charge >= 0.3 is 6.18 Å². The third kappa shape index (κ3) is 4.57.